The summed E-state index contributed by atoms with van der Waals surface area (Å²) in [5, 5.41) is 0.421. The lowest BCUT2D eigenvalue weighted by Crippen LogP contribution is -2.36. The Morgan fingerprint density at radius 3 is 2.83 bits per heavy atom. The van der Waals surface area contributed by atoms with E-state index in [-0.39, 0.29) is 11.7 Å². The molecule has 2 heterocycles. The summed E-state index contributed by atoms with van der Waals surface area (Å²) in [6.45, 7) is 7.21. The zero-order valence-corrected chi connectivity index (χ0v) is 15.6. The van der Waals surface area contributed by atoms with Crippen molar-refractivity contribution < 1.29 is 13.2 Å². The van der Waals surface area contributed by atoms with E-state index in [4.69, 9.17) is 0 Å². The third-order valence-corrected chi connectivity index (χ3v) is 6.13. The number of aromatic nitrogens is 1. The van der Waals surface area contributed by atoms with Gasteiger partial charge in [0.1, 0.15) is 0 Å². The summed E-state index contributed by atoms with van der Waals surface area (Å²) in [4.78, 5) is 19.4. The van der Waals surface area contributed by atoms with Gasteiger partial charge in [0.2, 0.25) is 15.9 Å². The van der Waals surface area contributed by atoms with Gasteiger partial charge >= 0.3 is 0 Å². The topological polar surface area (TPSA) is 79.4 Å². The number of rotatable bonds is 7. The Bertz CT molecular complexity index is 653. The molecule has 0 fully saturated rings. The normalized spacial score (nSPS) is 14.9. The molecule has 0 saturated carbocycles. The number of hydrogen-bond donors (Lipinski definition) is 1. The average Bonchev–Trinajstić information content (AvgIpc) is 2.84. The van der Waals surface area contributed by atoms with Gasteiger partial charge in [0.15, 0.2) is 5.13 Å². The molecule has 0 spiro atoms. The van der Waals surface area contributed by atoms with Crippen molar-refractivity contribution >= 4 is 32.4 Å². The summed E-state index contributed by atoms with van der Waals surface area (Å²) in [6, 6.07) is 0. The average molecular weight is 360 g/mol. The maximum atomic E-state index is 12.2. The molecule has 130 valence electrons. The Morgan fingerprint density at radius 1 is 1.43 bits per heavy atom. The Balaban J connectivity index is 2.03. The Morgan fingerprint density at radius 2 is 2.17 bits per heavy atom. The predicted molar refractivity (Wildman–Crippen MR) is 93.0 cm³/mol. The minimum absolute atomic E-state index is 0.118. The number of hydrogen-bond acceptors (Lipinski definition) is 5. The third kappa shape index (κ3) is 5.17. The zero-order chi connectivity index (χ0) is 17.0. The molecule has 0 bridgehead atoms. The van der Waals surface area contributed by atoms with Crippen molar-refractivity contribution in [2.75, 3.05) is 17.0 Å². The number of anilines is 1. The number of carbonyl (C=O) groups excluding carboxylic acids is 1. The van der Waals surface area contributed by atoms with Crippen LogP contribution in [0.25, 0.3) is 0 Å². The first-order valence-corrected chi connectivity index (χ1v) is 10.5. The van der Waals surface area contributed by atoms with Gasteiger partial charge in [-0.25, -0.2) is 13.4 Å². The monoisotopic (exact) mass is 359 g/mol. The number of unbranched alkanes of at least 4 members (excludes halogenated alkanes) is 1. The third-order valence-electron chi connectivity index (χ3n) is 3.68. The lowest BCUT2D eigenvalue weighted by molar-refractivity contribution is -0.132. The van der Waals surface area contributed by atoms with Gasteiger partial charge in [-0.1, -0.05) is 38.5 Å². The van der Waals surface area contributed by atoms with E-state index in [1.54, 1.807) is 0 Å². The number of nitrogens with zero attached hydrogens (tertiary/aromatic N) is 2. The van der Waals surface area contributed by atoms with Gasteiger partial charge in [0, 0.05) is 24.3 Å². The van der Waals surface area contributed by atoms with Crippen LogP contribution in [0.1, 0.15) is 50.6 Å². The van der Waals surface area contributed by atoms with E-state index >= 15 is 0 Å². The second kappa shape index (κ2) is 7.61. The number of carbonyl (C=O) groups is 1. The van der Waals surface area contributed by atoms with Gasteiger partial charge in [-0.3, -0.25) is 9.52 Å². The SMILES string of the molecule is CCCCS(=O)(=O)Nc1nc2c(s1)CN(C(=O)CC(C)C)CC2. The van der Waals surface area contributed by atoms with Crippen molar-refractivity contribution in [1.29, 1.82) is 0 Å². The van der Waals surface area contributed by atoms with E-state index in [0.717, 1.165) is 17.0 Å². The zero-order valence-electron chi connectivity index (χ0n) is 14.0. The number of nitrogens with one attached hydrogen (secondary N) is 1. The van der Waals surface area contributed by atoms with Crippen molar-refractivity contribution in [1.82, 2.24) is 9.88 Å². The fraction of sp³-hybridized carbons (Fsp3) is 0.733. The smallest absolute Gasteiger partial charge is 0.234 e. The van der Waals surface area contributed by atoms with Crippen molar-refractivity contribution in [3.05, 3.63) is 10.6 Å². The molecular formula is C15H25N3O3S2. The van der Waals surface area contributed by atoms with Crippen molar-refractivity contribution in [3.8, 4) is 0 Å². The van der Waals surface area contributed by atoms with Gasteiger partial charge in [-0.15, -0.1) is 0 Å². The van der Waals surface area contributed by atoms with Crippen LogP contribution in [0.3, 0.4) is 0 Å². The number of sulfonamides is 1. The quantitative estimate of drug-likeness (QED) is 0.811. The minimum Gasteiger partial charge on any atom is -0.337 e. The first kappa shape index (κ1) is 18.2. The molecule has 0 radical (unpaired) electrons. The summed E-state index contributed by atoms with van der Waals surface area (Å²) < 4.78 is 26.5. The van der Waals surface area contributed by atoms with Crippen molar-refractivity contribution in [3.63, 3.8) is 0 Å². The molecule has 6 nitrogen and oxygen atoms in total. The molecule has 1 aliphatic heterocycles. The molecule has 1 aliphatic rings. The molecule has 2 rings (SSSR count). The molecule has 0 atom stereocenters. The fourth-order valence-corrected chi connectivity index (χ4v) is 4.95. The highest BCUT2D eigenvalue weighted by atomic mass is 32.2. The van der Waals surface area contributed by atoms with Crippen molar-refractivity contribution in [2.24, 2.45) is 5.92 Å². The van der Waals surface area contributed by atoms with Gasteiger partial charge in [-0.05, 0) is 12.3 Å². The first-order chi connectivity index (χ1) is 10.8. The van der Waals surface area contributed by atoms with Gasteiger partial charge in [0.05, 0.1) is 18.0 Å². The Hall–Kier alpha value is -1.15. The largest absolute Gasteiger partial charge is 0.337 e. The molecule has 0 aliphatic carbocycles. The van der Waals surface area contributed by atoms with Crippen LogP contribution in [0, 0.1) is 5.92 Å². The van der Waals surface area contributed by atoms with E-state index in [1.165, 1.54) is 11.3 Å². The summed E-state index contributed by atoms with van der Waals surface area (Å²) in [5.41, 5.74) is 0.914. The lowest BCUT2D eigenvalue weighted by Gasteiger charge is -2.26. The van der Waals surface area contributed by atoms with E-state index < -0.39 is 10.0 Å². The molecular weight excluding hydrogens is 334 g/mol. The highest BCUT2D eigenvalue weighted by molar-refractivity contribution is 7.92. The van der Waals surface area contributed by atoms with E-state index in [2.05, 4.69) is 9.71 Å². The first-order valence-electron chi connectivity index (χ1n) is 8.07. The highest BCUT2D eigenvalue weighted by Gasteiger charge is 2.25. The maximum Gasteiger partial charge on any atom is 0.234 e. The molecule has 23 heavy (non-hydrogen) atoms. The van der Waals surface area contributed by atoms with Crippen LogP contribution in [0.5, 0.6) is 0 Å². The van der Waals surface area contributed by atoms with Crippen LogP contribution in [0.2, 0.25) is 0 Å². The summed E-state index contributed by atoms with van der Waals surface area (Å²) >= 11 is 1.34. The van der Waals surface area contributed by atoms with Crippen LogP contribution >= 0.6 is 11.3 Å². The number of amides is 1. The Labute approximate surface area is 142 Å². The van der Waals surface area contributed by atoms with Gasteiger partial charge in [0.25, 0.3) is 0 Å². The van der Waals surface area contributed by atoms with Crippen LogP contribution in [-0.4, -0.2) is 36.5 Å². The second-order valence-corrected chi connectivity index (χ2v) is 9.25. The summed E-state index contributed by atoms with van der Waals surface area (Å²) in [6.07, 6.45) is 2.71. The second-order valence-electron chi connectivity index (χ2n) is 6.33. The van der Waals surface area contributed by atoms with Crippen LogP contribution in [0.15, 0.2) is 0 Å². The maximum absolute atomic E-state index is 12.2. The molecule has 0 aromatic carbocycles. The lowest BCUT2D eigenvalue weighted by atomic mass is 10.1. The summed E-state index contributed by atoms with van der Waals surface area (Å²) in [5.74, 6) is 0.614. The molecule has 0 saturated heterocycles. The number of fused-ring (bicyclic) bond motifs is 1. The minimum atomic E-state index is -3.32. The standard InChI is InChI=1S/C15H25N3O3S2/c1-4-5-8-23(20,21)17-15-16-12-6-7-18(10-13(12)22-15)14(19)9-11(2)3/h11H,4-10H2,1-3H3,(H,16,17). The van der Waals surface area contributed by atoms with E-state index in [0.29, 0.717) is 43.4 Å². The highest BCUT2D eigenvalue weighted by Crippen LogP contribution is 2.29. The molecule has 1 aromatic rings. The summed E-state index contributed by atoms with van der Waals surface area (Å²) in [7, 11) is -3.32. The van der Waals surface area contributed by atoms with Crippen LogP contribution in [-0.2, 0) is 27.8 Å². The Kier molecular flexibility index (Phi) is 6.02. The molecule has 0 unspecified atom stereocenters. The predicted octanol–water partition coefficient (Wildman–Crippen LogP) is 2.62. The van der Waals surface area contributed by atoms with E-state index in [1.807, 2.05) is 25.7 Å². The molecule has 1 aromatic heterocycles. The van der Waals surface area contributed by atoms with Crippen molar-refractivity contribution in [2.45, 2.75) is 53.0 Å². The van der Waals surface area contributed by atoms with Crippen LogP contribution < -0.4 is 4.72 Å². The van der Waals surface area contributed by atoms with Crippen LogP contribution in [0.4, 0.5) is 5.13 Å². The van der Waals surface area contributed by atoms with Gasteiger partial charge < -0.3 is 4.90 Å². The fourth-order valence-electron chi connectivity index (χ4n) is 2.45. The molecule has 1 amide bonds. The molecule has 8 heteroatoms. The van der Waals surface area contributed by atoms with E-state index in [9.17, 15) is 13.2 Å². The molecule has 1 N–H and O–H groups in total. The number of thiazole rings is 1. The van der Waals surface area contributed by atoms with Gasteiger partial charge in [-0.2, -0.15) is 0 Å².